The van der Waals surface area contributed by atoms with Crippen molar-refractivity contribution in [2.75, 3.05) is 46.4 Å². The molecule has 1 atom stereocenters. The molecular weight excluding hydrogens is 204 g/mol. The van der Waals surface area contributed by atoms with Crippen LogP contribution in [0.3, 0.4) is 0 Å². The third-order valence-electron chi connectivity index (χ3n) is 3.74. The normalized spacial score (nSPS) is 27.4. The van der Waals surface area contributed by atoms with E-state index in [0.717, 1.165) is 32.6 Å². The monoisotopic (exact) mass is 226 g/mol. The Hall–Kier alpha value is -0.610. The second kappa shape index (κ2) is 5.64. The van der Waals surface area contributed by atoms with E-state index >= 15 is 0 Å². The summed E-state index contributed by atoms with van der Waals surface area (Å²) in [6, 6.07) is 0. The summed E-state index contributed by atoms with van der Waals surface area (Å²) >= 11 is 0. The van der Waals surface area contributed by atoms with E-state index in [1.54, 1.807) is 0 Å². The second-order valence-corrected chi connectivity index (χ2v) is 4.86. The Morgan fingerprint density at radius 2 is 1.88 bits per heavy atom. The molecule has 2 heterocycles. The third kappa shape index (κ3) is 2.95. The molecule has 0 radical (unpaired) electrons. The van der Waals surface area contributed by atoms with Crippen molar-refractivity contribution in [1.29, 1.82) is 0 Å². The van der Waals surface area contributed by atoms with E-state index < -0.39 is 0 Å². The van der Waals surface area contributed by atoms with Crippen molar-refractivity contribution in [1.82, 2.24) is 9.80 Å². The number of nitrogens with zero attached hydrogens (tertiary/aromatic N) is 2. The molecule has 0 aromatic rings. The molecule has 0 bridgehead atoms. The number of likely N-dealkylation sites (tertiary alicyclic amines) is 2. The van der Waals surface area contributed by atoms with E-state index in [1.165, 1.54) is 33.0 Å². The zero-order valence-corrected chi connectivity index (χ0v) is 10.2. The second-order valence-electron chi connectivity index (χ2n) is 4.86. The number of esters is 1. The molecule has 16 heavy (non-hydrogen) atoms. The third-order valence-corrected chi connectivity index (χ3v) is 3.74. The lowest BCUT2D eigenvalue weighted by molar-refractivity contribution is -0.144. The van der Waals surface area contributed by atoms with E-state index in [2.05, 4.69) is 9.80 Å². The average molecular weight is 226 g/mol. The van der Waals surface area contributed by atoms with Crippen LogP contribution in [0.2, 0.25) is 0 Å². The van der Waals surface area contributed by atoms with Crippen molar-refractivity contribution in [2.24, 2.45) is 5.92 Å². The highest BCUT2D eigenvalue weighted by Crippen LogP contribution is 2.17. The van der Waals surface area contributed by atoms with Crippen LogP contribution in [-0.2, 0) is 9.53 Å². The van der Waals surface area contributed by atoms with Crippen LogP contribution in [-0.4, -0.2) is 62.1 Å². The number of hydrogen-bond donors (Lipinski definition) is 0. The lowest BCUT2D eigenvalue weighted by Gasteiger charge is -2.20. The molecule has 4 heteroatoms. The molecule has 2 fully saturated rings. The standard InChI is InChI=1S/C12H22N2O2/c1-16-12(15)11-4-7-14(10-11)9-8-13-5-2-3-6-13/h11H,2-10H2,1H3. The summed E-state index contributed by atoms with van der Waals surface area (Å²) in [5.41, 5.74) is 0. The van der Waals surface area contributed by atoms with Crippen molar-refractivity contribution in [2.45, 2.75) is 19.3 Å². The van der Waals surface area contributed by atoms with Gasteiger partial charge in [0.25, 0.3) is 0 Å². The Morgan fingerprint density at radius 1 is 1.19 bits per heavy atom. The predicted octanol–water partition coefficient (Wildman–Crippen LogP) is 0.577. The van der Waals surface area contributed by atoms with Gasteiger partial charge >= 0.3 is 5.97 Å². The van der Waals surface area contributed by atoms with Crippen LogP contribution in [0.4, 0.5) is 0 Å². The quantitative estimate of drug-likeness (QED) is 0.656. The van der Waals surface area contributed by atoms with Crippen LogP contribution < -0.4 is 0 Å². The van der Waals surface area contributed by atoms with Crippen molar-refractivity contribution >= 4 is 5.97 Å². The van der Waals surface area contributed by atoms with Gasteiger partial charge in [0.1, 0.15) is 0 Å². The minimum absolute atomic E-state index is 0.0383. The molecule has 1 unspecified atom stereocenters. The number of methoxy groups -OCH3 is 1. The molecule has 4 nitrogen and oxygen atoms in total. The minimum atomic E-state index is -0.0383. The first kappa shape index (κ1) is 11.9. The summed E-state index contributed by atoms with van der Waals surface area (Å²) in [6.45, 7) is 6.72. The highest BCUT2D eigenvalue weighted by atomic mass is 16.5. The van der Waals surface area contributed by atoms with Gasteiger partial charge in [-0.2, -0.15) is 0 Å². The Morgan fingerprint density at radius 3 is 2.56 bits per heavy atom. The van der Waals surface area contributed by atoms with Gasteiger partial charge < -0.3 is 14.5 Å². The van der Waals surface area contributed by atoms with E-state index in [1.807, 2.05) is 0 Å². The average Bonchev–Trinajstić information content (AvgIpc) is 2.96. The van der Waals surface area contributed by atoms with Crippen LogP contribution in [0.5, 0.6) is 0 Å². The van der Waals surface area contributed by atoms with Crippen LogP contribution in [0.25, 0.3) is 0 Å². The zero-order valence-electron chi connectivity index (χ0n) is 10.2. The molecule has 0 amide bonds. The van der Waals surface area contributed by atoms with Gasteiger partial charge in [0.05, 0.1) is 13.0 Å². The lowest BCUT2D eigenvalue weighted by atomic mass is 10.1. The fourth-order valence-corrected chi connectivity index (χ4v) is 2.68. The fourth-order valence-electron chi connectivity index (χ4n) is 2.68. The highest BCUT2D eigenvalue weighted by Gasteiger charge is 2.28. The molecule has 2 rings (SSSR count). The lowest BCUT2D eigenvalue weighted by Crippen LogP contribution is -2.33. The fraction of sp³-hybridized carbons (Fsp3) is 0.917. The molecule has 92 valence electrons. The summed E-state index contributed by atoms with van der Waals surface area (Å²) in [5, 5.41) is 0. The maximum atomic E-state index is 11.4. The highest BCUT2D eigenvalue weighted by molar-refractivity contribution is 5.72. The topological polar surface area (TPSA) is 32.8 Å². The number of hydrogen-bond acceptors (Lipinski definition) is 4. The molecule has 0 aromatic carbocycles. The molecule has 2 aliphatic rings. The van der Waals surface area contributed by atoms with Gasteiger partial charge in [-0.25, -0.2) is 0 Å². The molecule has 2 aliphatic heterocycles. The SMILES string of the molecule is COC(=O)C1CCN(CCN2CCCC2)C1. The number of rotatable bonds is 4. The van der Waals surface area contributed by atoms with Crippen LogP contribution in [0.15, 0.2) is 0 Å². The Balaban J connectivity index is 1.66. The van der Waals surface area contributed by atoms with Crippen molar-refractivity contribution in [3.05, 3.63) is 0 Å². The van der Waals surface area contributed by atoms with Crippen molar-refractivity contribution in [3.8, 4) is 0 Å². The smallest absolute Gasteiger partial charge is 0.310 e. The van der Waals surface area contributed by atoms with Gasteiger partial charge in [0.2, 0.25) is 0 Å². The van der Waals surface area contributed by atoms with Crippen LogP contribution in [0, 0.1) is 5.92 Å². The summed E-state index contributed by atoms with van der Waals surface area (Å²) in [7, 11) is 1.48. The summed E-state index contributed by atoms with van der Waals surface area (Å²) in [6.07, 6.45) is 3.67. The van der Waals surface area contributed by atoms with E-state index in [0.29, 0.717) is 0 Å². The molecular formula is C12H22N2O2. The molecule has 0 saturated carbocycles. The summed E-state index contributed by atoms with van der Waals surface area (Å²) in [5.74, 6) is 0.0762. The first-order valence-corrected chi connectivity index (χ1v) is 6.32. The minimum Gasteiger partial charge on any atom is -0.469 e. The van der Waals surface area contributed by atoms with Gasteiger partial charge in [-0.3, -0.25) is 4.79 Å². The summed E-state index contributed by atoms with van der Waals surface area (Å²) in [4.78, 5) is 16.3. The maximum Gasteiger partial charge on any atom is 0.310 e. The van der Waals surface area contributed by atoms with Gasteiger partial charge in [-0.15, -0.1) is 0 Å². The number of carbonyl (C=O) groups is 1. The largest absolute Gasteiger partial charge is 0.469 e. The van der Waals surface area contributed by atoms with Gasteiger partial charge in [-0.05, 0) is 38.9 Å². The molecule has 0 spiro atoms. The van der Waals surface area contributed by atoms with Crippen LogP contribution >= 0.6 is 0 Å². The van der Waals surface area contributed by atoms with Crippen molar-refractivity contribution in [3.63, 3.8) is 0 Å². The summed E-state index contributed by atoms with van der Waals surface area (Å²) < 4.78 is 4.78. The predicted molar refractivity (Wildman–Crippen MR) is 62.2 cm³/mol. The van der Waals surface area contributed by atoms with Crippen LogP contribution in [0.1, 0.15) is 19.3 Å². The maximum absolute atomic E-state index is 11.4. The Kier molecular flexibility index (Phi) is 4.18. The number of carbonyl (C=O) groups excluding carboxylic acids is 1. The van der Waals surface area contributed by atoms with E-state index in [4.69, 9.17) is 4.74 Å². The molecule has 0 N–H and O–H groups in total. The molecule has 2 saturated heterocycles. The Labute approximate surface area is 97.5 Å². The zero-order chi connectivity index (χ0) is 11.4. The number of ether oxygens (including phenoxy) is 1. The molecule has 0 aliphatic carbocycles. The van der Waals surface area contributed by atoms with Gasteiger partial charge in [0, 0.05) is 19.6 Å². The van der Waals surface area contributed by atoms with Crippen molar-refractivity contribution < 1.29 is 9.53 Å². The van der Waals surface area contributed by atoms with Gasteiger partial charge in [0.15, 0.2) is 0 Å². The molecule has 0 aromatic heterocycles. The first-order valence-electron chi connectivity index (χ1n) is 6.32. The Bertz CT molecular complexity index is 239. The van der Waals surface area contributed by atoms with Gasteiger partial charge in [-0.1, -0.05) is 0 Å². The first-order chi connectivity index (χ1) is 7.79. The van der Waals surface area contributed by atoms with E-state index in [-0.39, 0.29) is 11.9 Å². The van der Waals surface area contributed by atoms with E-state index in [9.17, 15) is 4.79 Å².